The maximum absolute atomic E-state index is 12.6. The standard InChI is InChI=1S/C26H38N3O4P/c1-5-15-29(16-6-2)34(31-17-11-14-27)33-24-23-20(4)18-26(24,7-3)32-22(23)19-28-25(30)21-12-9-8-10-13-21/h8-10,12-13,22-24H,4-7,11,15-19H2,1-3H3,(H,28,30)/p-1/t22-,23-,24-,26-,34?/m0/s1. The van der Waals surface area contributed by atoms with Crippen molar-refractivity contribution in [1.29, 1.82) is 5.26 Å². The van der Waals surface area contributed by atoms with Crippen molar-refractivity contribution in [3.05, 3.63) is 48.0 Å². The van der Waals surface area contributed by atoms with Crippen LogP contribution in [0.4, 0.5) is 0 Å². The van der Waals surface area contributed by atoms with Gasteiger partial charge in [0.25, 0.3) is 8.53 Å². The number of hydrogen-bond acceptors (Lipinski definition) is 7. The van der Waals surface area contributed by atoms with Crippen molar-refractivity contribution in [2.45, 2.75) is 70.7 Å². The van der Waals surface area contributed by atoms with Crippen molar-refractivity contribution in [2.75, 3.05) is 26.2 Å². The van der Waals surface area contributed by atoms with Crippen LogP contribution < -0.4 is 5.11 Å². The Hall–Kier alpha value is -1.81. The van der Waals surface area contributed by atoms with E-state index >= 15 is 0 Å². The number of benzene rings is 1. The second-order valence-electron chi connectivity index (χ2n) is 8.91. The normalized spacial score (nSPS) is 27.3. The third-order valence-corrected chi connectivity index (χ3v) is 8.15. The predicted octanol–water partition coefficient (Wildman–Crippen LogP) is 4.58. The molecule has 0 amide bonds. The molecule has 0 spiro atoms. The number of ether oxygens (including phenoxy) is 1. The quantitative estimate of drug-likeness (QED) is 0.126. The molecule has 1 aromatic rings. The molecule has 186 valence electrons. The highest BCUT2D eigenvalue weighted by Crippen LogP contribution is 2.59. The zero-order valence-electron chi connectivity index (χ0n) is 20.6. The van der Waals surface area contributed by atoms with E-state index in [1.807, 2.05) is 18.2 Å². The molecule has 1 saturated heterocycles. The first-order valence-corrected chi connectivity index (χ1v) is 13.5. The molecule has 1 aromatic carbocycles. The molecule has 2 aliphatic rings. The summed E-state index contributed by atoms with van der Waals surface area (Å²) in [5, 5.41) is 21.5. The van der Waals surface area contributed by atoms with Gasteiger partial charge in [0.1, 0.15) is 6.10 Å². The molecule has 7 nitrogen and oxygen atoms in total. The molecule has 34 heavy (non-hydrogen) atoms. The van der Waals surface area contributed by atoms with Crippen LogP contribution in [0.25, 0.3) is 0 Å². The van der Waals surface area contributed by atoms with Crippen LogP contribution in [0.3, 0.4) is 0 Å². The lowest BCUT2D eigenvalue weighted by Crippen LogP contribution is -2.38. The second kappa shape index (κ2) is 12.8. The van der Waals surface area contributed by atoms with Crippen LogP contribution in [0.2, 0.25) is 0 Å². The topological polar surface area (TPSA) is 90.1 Å². The summed E-state index contributed by atoms with van der Waals surface area (Å²) in [5.41, 5.74) is 1.18. The number of nitriles is 1. The highest BCUT2D eigenvalue weighted by atomic mass is 31.2. The van der Waals surface area contributed by atoms with Crippen LogP contribution in [0.5, 0.6) is 0 Å². The van der Waals surface area contributed by atoms with Gasteiger partial charge in [-0.2, -0.15) is 5.26 Å². The van der Waals surface area contributed by atoms with Crippen molar-refractivity contribution in [3.63, 3.8) is 0 Å². The molecule has 2 bridgehead atoms. The van der Waals surface area contributed by atoms with Gasteiger partial charge in [-0.3, -0.25) is 4.99 Å². The van der Waals surface area contributed by atoms with Gasteiger partial charge in [-0.1, -0.05) is 63.3 Å². The van der Waals surface area contributed by atoms with Gasteiger partial charge in [-0.05, 0) is 30.7 Å². The van der Waals surface area contributed by atoms with E-state index in [9.17, 15) is 5.11 Å². The zero-order valence-corrected chi connectivity index (χ0v) is 21.5. The number of hydrogen-bond donors (Lipinski definition) is 0. The molecule has 2 fully saturated rings. The van der Waals surface area contributed by atoms with Gasteiger partial charge in [0.2, 0.25) is 0 Å². The van der Waals surface area contributed by atoms with Crippen LogP contribution in [0, 0.1) is 17.2 Å². The molecule has 8 heteroatoms. The van der Waals surface area contributed by atoms with E-state index in [0.717, 1.165) is 44.3 Å². The van der Waals surface area contributed by atoms with Gasteiger partial charge >= 0.3 is 0 Å². The van der Waals surface area contributed by atoms with Gasteiger partial charge in [0.15, 0.2) is 0 Å². The smallest absolute Gasteiger partial charge is 0.259 e. The SMILES string of the molecule is C=C1C[C@]2(CC)O[C@@H](CN=C([O-])c3ccccc3)[C@H]1[C@@H]2OP(OCCC#N)N(CCC)CCC. The summed E-state index contributed by atoms with van der Waals surface area (Å²) in [4.78, 5) is 4.33. The first-order chi connectivity index (χ1) is 16.5. The zero-order chi connectivity index (χ0) is 24.6. The van der Waals surface area contributed by atoms with Gasteiger partial charge < -0.3 is 18.9 Å². The summed E-state index contributed by atoms with van der Waals surface area (Å²) in [6.45, 7) is 13.1. The average Bonchev–Trinajstić information content (AvgIpc) is 3.30. The first kappa shape index (κ1) is 26.8. The highest BCUT2D eigenvalue weighted by Gasteiger charge is 2.62. The van der Waals surface area contributed by atoms with E-state index < -0.39 is 14.1 Å². The maximum atomic E-state index is 12.6. The fraction of sp³-hybridized carbons (Fsp3) is 0.615. The van der Waals surface area contributed by atoms with Crippen LogP contribution in [-0.2, 0) is 13.8 Å². The number of rotatable bonds is 14. The highest BCUT2D eigenvalue weighted by molar-refractivity contribution is 7.44. The molecule has 5 atom stereocenters. The monoisotopic (exact) mass is 486 g/mol. The largest absolute Gasteiger partial charge is 0.858 e. The number of fused-ring (bicyclic) bond motifs is 2. The number of nitrogens with zero attached hydrogens (tertiary/aromatic N) is 3. The van der Waals surface area contributed by atoms with Gasteiger partial charge in [-0.25, -0.2) is 4.67 Å². The summed E-state index contributed by atoms with van der Waals surface area (Å²) < 4.78 is 21.7. The molecular formula is C26H37N3O4P-. The Morgan fingerprint density at radius 3 is 2.62 bits per heavy atom. The van der Waals surface area contributed by atoms with Gasteiger partial charge in [0, 0.05) is 25.4 Å². The van der Waals surface area contributed by atoms with Crippen molar-refractivity contribution >= 4 is 14.4 Å². The van der Waals surface area contributed by atoms with Crippen molar-refractivity contribution in [3.8, 4) is 6.07 Å². The van der Waals surface area contributed by atoms with E-state index in [0.29, 0.717) is 18.6 Å². The van der Waals surface area contributed by atoms with Crippen LogP contribution >= 0.6 is 8.53 Å². The maximum Gasteiger partial charge on any atom is 0.259 e. The van der Waals surface area contributed by atoms with Gasteiger partial charge in [-0.15, -0.1) is 0 Å². The summed E-state index contributed by atoms with van der Waals surface area (Å²) >= 11 is 0. The molecule has 1 aliphatic carbocycles. The van der Waals surface area contributed by atoms with Crippen molar-refractivity contribution < 1.29 is 18.9 Å². The van der Waals surface area contributed by atoms with Crippen molar-refractivity contribution in [2.24, 2.45) is 10.9 Å². The van der Waals surface area contributed by atoms with Crippen LogP contribution in [0.1, 0.15) is 58.4 Å². The third kappa shape index (κ3) is 6.05. The minimum Gasteiger partial charge on any atom is -0.858 e. The summed E-state index contributed by atoms with van der Waals surface area (Å²) in [5.74, 6) is -0.276. The van der Waals surface area contributed by atoms with E-state index in [1.54, 1.807) is 12.1 Å². The molecule has 1 heterocycles. The van der Waals surface area contributed by atoms with E-state index in [-0.39, 0.29) is 30.6 Å². The van der Waals surface area contributed by atoms with E-state index in [1.165, 1.54) is 0 Å². The Kier molecular flexibility index (Phi) is 10.1. The molecule has 0 aromatic heterocycles. The second-order valence-corrected chi connectivity index (χ2v) is 10.4. The minimum absolute atomic E-state index is 0.0399. The average molecular weight is 487 g/mol. The molecular weight excluding hydrogens is 449 g/mol. The Morgan fingerprint density at radius 2 is 2.00 bits per heavy atom. The van der Waals surface area contributed by atoms with Crippen LogP contribution in [0.15, 0.2) is 47.5 Å². The lowest BCUT2D eigenvalue weighted by molar-refractivity contribution is -0.213. The Balaban J connectivity index is 1.79. The molecule has 3 rings (SSSR count). The van der Waals surface area contributed by atoms with Gasteiger partial charge in [0.05, 0.1) is 37.3 Å². The molecule has 0 radical (unpaired) electrons. The Morgan fingerprint density at radius 1 is 1.29 bits per heavy atom. The Bertz CT molecular complexity index is 869. The molecule has 1 aliphatic heterocycles. The van der Waals surface area contributed by atoms with Crippen molar-refractivity contribution in [1.82, 2.24) is 4.67 Å². The van der Waals surface area contributed by atoms with Crippen LogP contribution in [-0.4, -0.2) is 54.6 Å². The first-order valence-electron chi connectivity index (χ1n) is 12.3. The Labute approximate surface area is 205 Å². The summed E-state index contributed by atoms with van der Waals surface area (Å²) in [6.07, 6.45) is 3.37. The molecule has 1 saturated carbocycles. The molecule has 0 N–H and O–H groups in total. The fourth-order valence-electron chi connectivity index (χ4n) is 4.89. The van der Waals surface area contributed by atoms with E-state index in [2.05, 4.69) is 43.1 Å². The van der Waals surface area contributed by atoms with E-state index in [4.69, 9.17) is 19.0 Å². The summed E-state index contributed by atoms with van der Waals surface area (Å²) in [7, 11) is -1.34. The number of aliphatic imine (C=N–C) groups is 1. The summed E-state index contributed by atoms with van der Waals surface area (Å²) in [6, 6.07) is 11.2. The predicted molar refractivity (Wildman–Crippen MR) is 133 cm³/mol. The molecule has 1 unspecified atom stereocenters. The lowest BCUT2D eigenvalue weighted by atomic mass is 9.95. The fourth-order valence-corrected chi connectivity index (χ4v) is 6.74. The third-order valence-electron chi connectivity index (χ3n) is 6.48. The minimum atomic E-state index is -1.34. The lowest BCUT2D eigenvalue weighted by Gasteiger charge is -2.35.